The van der Waals surface area contributed by atoms with E-state index in [-0.39, 0.29) is 24.3 Å². The molecule has 1 aromatic carbocycles. The zero-order valence-electron chi connectivity index (χ0n) is 12.4. The first-order valence-corrected chi connectivity index (χ1v) is 7.06. The van der Waals surface area contributed by atoms with E-state index >= 15 is 0 Å². The summed E-state index contributed by atoms with van der Waals surface area (Å²) in [4.78, 5) is 24.6. The molecule has 2 heterocycles. The number of aryl methyl sites for hydroxylation is 1. The lowest BCUT2D eigenvalue weighted by Crippen LogP contribution is -2.38. The van der Waals surface area contributed by atoms with Gasteiger partial charge in [0.2, 0.25) is 0 Å². The molecule has 3 rings (SSSR count). The Labute approximate surface area is 127 Å². The second kappa shape index (κ2) is 5.25. The molecule has 1 aromatic heterocycles. The van der Waals surface area contributed by atoms with Crippen LogP contribution < -0.4 is 4.90 Å². The van der Waals surface area contributed by atoms with Gasteiger partial charge >= 0.3 is 5.82 Å². The quantitative estimate of drug-likeness (QED) is 0.642. The van der Waals surface area contributed by atoms with Crippen molar-refractivity contribution in [3.05, 3.63) is 51.7 Å². The first kappa shape index (κ1) is 14.2. The van der Waals surface area contributed by atoms with Crippen LogP contribution in [0.25, 0.3) is 0 Å². The van der Waals surface area contributed by atoms with Crippen molar-refractivity contribution in [2.24, 2.45) is 0 Å². The molecule has 114 valence electrons. The first-order valence-electron chi connectivity index (χ1n) is 7.06. The maximum absolute atomic E-state index is 12.6. The average molecular weight is 300 g/mol. The molecule has 1 aliphatic rings. The number of carbonyl (C=O) groups excluding carboxylic acids is 1. The summed E-state index contributed by atoms with van der Waals surface area (Å²) in [7, 11) is 0. The topological polar surface area (TPSA) is 81.3 Å². The Hall–Kier alpha value is -2.70. The van der Waals surface area contributed by atoms with E-state index in [4.69, 9.17) is 0 Å². The summed E-state index contributed by atoms with van der Waals surface area (Å²) >= 11 is 0. The third-order valence-electron chi connectivity index (χ3n) is 3.92. The maximum Gasteiger partial charge on any atom is 0.390 e. The van der Waals surface area contributed by atoms with Crippen molar-refractivity contribution in [1.82, 2.24) is 9.78 Å². The fourth-order valence-corrected chi connectivity index (χ4v) is 2.89. The lowest BCUT2D eigenvalue weighted by atomic mass is 10.1. The van der Waals surface area contributed by atoms with Gasteiger partial charge in [0, 0.05) is 11.7 Å². The van der Waals surface area contributed by atoms with E-state index in [0.29, 0.717) is 5.69 Å². The number of benzene rings is 1. The van der Waals surface area contributed by atoms with Crippen LogP contribution in [0, 0.1) is 17.0 Å². The van der Waals surface area contributed by atoms with Crippen LogP contribution in [-0.2, 0) is 17.8 Å². The van der Waals surface area contributed by atoms with Gasteiger partial charge in [-0.25, -0.2) is 0 Å². The van der Waals surface area contributed by atoms with Gasteiger partial charge in [0.1, 0.15) is 6.54 Å². The number of hydrogen-bond acceptors (Lipinski definition) is 4. The highest BCUT2D eigenvalue weighted by Crippen LogP contribution is 2.32. The molecule has 0 bridgehead atoms. The predicted octanol–water partition coefficient (Wildman–Crippen LogP) is 2.08. The van der Waals surface area contributed by atoms with E-state index in [1.54, 1.807) is 11.8 Å². The van der Waals surface area contributed by atoms with Crippen molar-refractivity contribution < 1.29 is 9.72 Å². The number of nitro groups is 1. The van der Waals surface area contributed by atoms with E-state index in [1.165, 1.54) is 10.7 Å². The smallest absolute Gasteiger partial charge is 0.358 e. The molecule has 0 spiro atoms. The number of hydrogen-bond donors (Lipinski definition) is 0. The fourth-order valence-electron chi connectivity index (χ4n) is 2.89. The van der Waals surface area contributed by atoms with E-state index in [9.17, 15) is 14.9 Å². The molecule has 0 unspecified atom stereocenters. The Morgan fingerprint density at radius 2 is 2.18 bits per heavy atom. The number of aromatic nitrogens is 2. The molecule has 22 heavy (non-hydrogen) atoms. The Morgan fingerprint density at radius 3 is 2.86 bits per heavy atom. The largest absolute Gasteiger partial charge is 0.390 e. The van der Waals surface area contributed by atoms with Crippen molar-refractivity contribution in [2.75, 3.05) is 4.90 Å². The van der Waals surface area contributed by atoms with E-state index in [0.717, 1.165) is 17.7 Å². The van der Waals surface area contributed by atoms with Crippen LogP contribution in [0.15, 0.2) is 30.3 Å². The molecule has 7 nitrogen and oxygen atoms in total. The van der Waals surface area contributed by atoms with Gasteiger partial charge in [-0.3, -0.25) is 4.79 Å². The van der Waals surface area contributed by atoms with Crippen LogP contribution in [-0.4, -0.2) is 26.7 Å². The minimum Gasteiger partial charge on any atom is -0.358 e. The van der Waals surface area contributed by atoms with Crippen LogP contribution in [0.3, 0.4) is 0 Å². The van der Waals surface area contributed by atoms with Gasteiger partial charge in [-0.05, 0) is 36.8 Å². The molecular weight excluding hydrogens is 284 g/mol. The normalized spacial score (nSPS) is 16.6. The molecule has 0 radical (unpaired) electrons. The highest BCUT2D eigenvalue weighted by molar-refractivity contribution is 5.96. The number of fused-ring (bicyclic) bond motifs is 1. The number of anilines is 1. The zero-order chi connectivity index (χ0) is 15.9. The van der Waals surface area contributed by atoms with Crippen LogP contribution >= 0.6 is 0 Å². The van der Waals surface area contributed by atoms with Crippen LogP contribution in [0.5, 0.6) is 0 Å². The lowest BCUT2D eigenvalue weighted by Gasteiger charge is -2.22. The monoisotopic (exact) mass is 300 g/mol. The van der Waals surface area contributed by atoms with Crippen LogP contribution in [0.4, 0.5) is 11.5 Å². The van der Waals surface area contributed by atoms with E-state index in [2.05, 4.69) is 5.10 Å². The van der Waals surface area contributed by atoms with Crippen molar-refractivity contribution in [2.45, 2.75) is 32.9 Å². The first-order chi connectivity index (χ1) is 10.5. The SMILES string of the molecule is Cc1cc([N+](=O)[O-])nn1CC(=O)N1c2ccccc2C[C@@H]1C. The number of amides is 1. The van der Waals surface area contributed by atoms with Gasteiger partial charge in [-0.15, -0.1) is 0 Å². The molecule has 0 aliphatic carbocycles. The summed E-state index contributed by atoms with van der Waals surface area (Å²) in [5.74, 6) is -0.348. The molecule has 0 fully saturated rings. The van der Waals surface area contributed by atoms with Crippen molar-refractivity contribution >= 4 is 17.4 Å². The number of para-hydroxylation sites is 1. The molecule has 0 saturated heterocycles. The Bertz CT molecular complexity index is 753. The van der Waals surface area contributed by atoms with Crippen molar-refractivity contribution in [3.8, 4) is 0 Å². The third kappa shape index (κ3) is 2.34. The molecular formula is C15H16N4O3. The summed E-state index contributed by atoms with van der Waals surface area (Å²) in [5.41, 5.74) is 2.66. The Morgan fingerprint density at radius 1 is 1.45 bits per heavy atom. The number of carbonyl (C=O) groups is 1. The van der Waals surface area contributed by atoms with Gasteiger partial charge in [-0.2, -0.15) is 4.68 Å². The number of nitrogens with zero attached hydrogens (tertiary/aromatic N) is 4. The molecule has 2 aromatic rings. The van der Waals surface area contributed by atoms with Crippen LogP contribution in [0.1, 0.15) is 18.2 Å². The second-order valence-electron chi connectivity index (χ2n) is 5.50. The minimum absolute atomic E-state index is 0.00164. The molecule has 1 atom stereocenters. The summed E-state index contributed by atoms with van der Waals surface area (Å²) in [5, 5.41) is 14.6. The second-order valence-corrected chi connectivity index (χ2v) is 5.50. The third-order valence-corrected chi connectivity index (χ3v) is 3.92. The van der Waals surface area contributed by atoms with Gasteiger partial charge in [0.25, 0.3) is 5.91 Å². The predicted molar refractivity (Wildman–Crippen MR) is 80.7 cm³/mol. The van der Waals surface area contributed by atoms with E-state index < -0.39 is 4.92 Å². The standard InChI is InChI=1S/C15H16N4O3/c1-10-8-14(19(21)22)16-17(10)9-15(20)18-11(2)7-12-5-3-4-6-13(12)18/h3-6,8,11H,7,9H2,1-2H3/t11-/m0/s1. The molecule has 0 saturated carbocycles. The Balaban J connectivity index is 1.85. The van der Waals surface area contributed by atoms with Gasteiger partial charge in [0.15, 0.2) is 0 Å². The lowest BCUT2D eigenvalue weighted by molar-refractivity contribution is -0.389. The fraction of sp³-hybridized carbons (Fsp3) is 0.333. The maximum atomic E-state index is 12.6. The molecule has 1 aliphatic heterocycles. The summed E-state index contributed by atoms with van der Waals surface area (Å²) in [6.07, 6.45) is 0.820. The van der Waals surface area contributed by atoms with Gasteiger partial charge < -0.3 is 15.0 Å². The van der Waals surface area contributed by atoms with Crippen LogP contribution in [0.2, 0.25) is 0 Å². The highest BCUT2D eigenvalue weighted by Gasteiger charge is 2.31. The average Bonchev–Trinajstić information content (AvgIpc) is 2.98. The Kier molecular flexibility index (Phi) is 3.40. The summed E-state index contributed by atoms with van der Waals surface area (Å²) in [6.45, 7) is 3.70. The van der Waals surface area contributed by atoms with E-state index in [1.807, 2.05) is 31.2 Å². The van der Waals surface area contributed by atoms with Gasteiger partial charge in [-0.1, -0.05) is 18.2 Å². The van der Waals surface area contributed by atoms with Gasteiger partial charge in [0.05, 0.1) is 16.9 Å². The summed E-state index contributed by atoms with van der Waals surface area (Å²) < 4.78 is 1.38. The highest BCUT2D eigenvalue weighted by atomic mass is 16.6. The van der Waals surface area contributed by atoms with Crippen molar-refractivity contribution in [3.63, 3.8) is 0 Å². The molecule has 0 N–H and O–H groups in total. The van der Waals surface area contributed by atoms with Crippen molar-refractivity contribution in [1.29, 1.82) is 0 Å². The molecule has 1 amide bonds. The summed E-state index contributed by atoms with van der Waals surface area (Å²) in [6, 6.07) is 9.25. The number of rotatable bonds is 3. The minimum atomic E-state index is -0.554. The zero-order valence-corrected chi connectivity index (χ0v) is 12.4. The molecule has 7 heteroatoms.